The Balaban J connectivity index is 1.36. The van der Waals surface area contributed by atoms with E-state index in [1.54, 1.807) is 13.2 Å². The fourth-order valence-corrected chi connectivity index (χ4v) is 4.51. The summed E-state index contributed by atoms with van der Waals surface area (Å²) in [6.07, 6.45) is 3.86. The Kier molecular flexibility index (Phi) is 6.40. The monoisotopic (exact) mass is 419 g/mol. The van der Waals surface area contributed by atoms with E-state index in [0.29, 0.717) is 35.7 Å². The second-order valence-corrected chi connectivity index (χ2v) is 8.37. The van der Waals surface area contributed by atoms with Gasteiger partial charge in [0.1, 0.15) is 11.3 Å². The second-order valence-electron chi connectivity index (χ2n) is 8.37. The highest BCUT2D eigenvalue weighted by Gasteiger charge is 2.23. The Labute approximate surface area is 182 Å². The number of benzene rings is 2. The fourth-order valence-electron chi connectivity index (χ4n) is 4.51. The van der Waals surface area contributed by atoms with Crippen molar-refractivity contribution in [1.82, 2.24) is 4.90 Å². The minimum atomic E-state index is -0.368. The lowest BCUT2D eigenvalue weighted by Gasteiger charge is -2.32. The molecular formula is C26H29NO4. The number of carbonyl (C=O) groups excluding carboxylic acids is 1. The van der Waals surface area contributed by atoms with Gasteiger partial charge >= 0.3 is 5.63 Å². The van der Waals surface area contributed by atoms with Gasteiger partial charge in [-0.1, -0.05) is 30.3 Å². The number of hydrogen-bond acceptors (Lipinski definition) is 4. The van der Waals surface area contributed by atoms with E-state index in [0.717, 1.165) is 43.3 Å². The van der Waals surface area contributed by atoms with Gasteiger partial charge in [0.05, 0.1) is 7.11 Å². The zero-order valence-electron chi connectivity index (χ0n) is 18.2. The first-order chi connectivity index (χ1) is 15.0. The van der Waals surface area contributed by atoms with Crippen LogP contribution in [0.5, 0.6) is 5.75 Å². The summed E-state index contributed by atoms with van der Waals surface area (Å²) >= 11 is 0. The van der Waals surface area contributed by atoms with Crippen LogP contribution >= 0.6 is 0 Å². The second kappa shape index (κ2) is 9.38. The van der Waals surface area contributed by atoms with Crippen molar-refractivity contribution in [2.24, 2.45) is 5.92 Å². The number of nitrogens with zero attached hydrogens (tertiary/aromatic N) is 1. The summed E-state index contributed by atoms with van der Waals surface area (Å²) in [5.74, 6) is 1.39. The maximum atomic E-state index is 12.8. The van der Waals surface area contributed by atoms with Crippen LogP contribution in [0.2, 0.25) is 0 Å². The summed E-state index contributed by atoms with van der Waals surface area (Å²) in [4.78, 5) is 27.3. The third kappa shape index (κ3) is 4.82. The van der Waals surface area contributed by atoms with E-state index in [1.807, 2.05) is 30.0 Å². The highest BCUT2D eigenvalue weighted by molar-refractivity contribution is 5.82. The van der Waals surface area contributed by atoms with Crippen LogP contribution in [0.4, 0.5) is 0 Å². The van der Waals surface area contributed by atoms with E-state index in [9.17, 15) is 9.59 Å². The molecule has 0 spiro atoms. The molecule has 1 aliphatic rings. The summed E-state index contributed by atoms with van der Waals surface area (Å²) in [6.45, 7) is 3.50. The molecule has 162 valence electrons. The van der Waals surface area contributed by atoms with Crippen molar-refractivity contribution in [1.29, 1.82) is 0 Å². The molecule has 3 aromatic rings. The van der Waals surface area contributed by atoms with Crippen molar-refractivity contribution in [3.05, 3.63) is 75.6 Å². The first-order valence-electron chi connectivity index (χ1n) is 11.0. The van der Waals surface area contributed by atoms with Crippen LogP contribution in [0, 0.1) is 12.8 Å². The SMILES string of the molecule is COc1ccc2c(C)c(CCC(=O)N3CCC(Cc4ccccc4)CC3)c(=O)oc2c1. The van der Waals surface area contributed by atoms with Crippen LogP contribution in [-0.2, 0) is 17.6 Å². The standard InChI is InChI=1S/C26H29NO4/c1-18-22-9-8-21(30-2)17-24(22)31-26(29)23(18)10-11-25(28)27-14-12-20(13-15-27)16-19-6-4-3-5-7-19/h3-9,17,20H,10-16H2,1-2H3. The predicted octanol–water partition coefficient (Wildman–Crippen LogP) is 4.52. The number of hydrogen-bond donors (Lipinski definition) is 0. The van der Waals surface area contributed by atoms with Crippen LogP contribution in [0.3, 0.4) is 0 Å². The summed E-state index contributed by atoms with van der Waals surface area (Å²) in [7, 11) is 1.58. The van der Waals surface area contributed by atoms with Crippen LogP contribution in [0.1, 0.15) is 36.0 Å². The highest BCUT2D eigenvalue weighted by atomic mass is 16.5. The number of rotatable bonds is 6. The van der Waals surface area contributed by atoms with Crippen LogP contribution in [0.25, 0.3) is 11.0 Å². The van der Waals surface area contributed by atoms with Gasteiger partial charge in [0.25, 0.3) is 0 Å². The van der Waals surface area contributed by atoms with Gasteiger partial charge in [-0.2, -0.15) is 0 Å². The van der Waals surface area contributed by atoms with Gasteiger partial charge < -0.3 is 14.1 Å². The molecule has 0 N–H and O–H groups in total. The molecule has 2 aromatic carbocycles. The minimum Gasteiger partial charge on any atom is -0.497 e. The quantitative estimate of drug-likeness (QED) is 0.551. The van der Waals surface area contributed by atoms with E-state index < -0.39 is 0 Å². The predicted molar refractivity (Wildman–Crippen MR) is 122 cm³/mol. The molecule has 1 aliphatic heterocycles. The molecule has 5 nitrogen and oxygen atoms in total. The molecule has 0 saturated carbocycles. The van der Waals surface area contributed by atoms with Gasteiger partial charge in [0.2, 0.25) is 5.91 Å². The molecule has 5 heteroatoms. The molecule has 2 heterocycles. The first-order valence-corrected chi connectivity index (χ1v) is 11.0. The van der Waals surface area contributed by atoms with Crippen molar-refractivity contribution in [2.75, 3.05) is 20.2 Å². The molecular weight excluding hydrogens is 390 g/mol. The lowest BCUT2D eigenvalue weighted by atomic mass is 9.90. The van der Waals surface area contributed by atoms with E-state index in [4.69, 9.17) is 9.15 Å². The summed E-state index contributed by atoms with van der Waals surface area (Å²) in [6, 6.07) is 16.0. The molecule has 0 bridgehead atoms. The van der Waals surface area contributed by atoms with Gasteiger partial charge in [-0.25, -0.2) is 4.79 Å². The van der Waals surface area contributed by atoms with E-state index in [2.05, 4.69) is 24.3 Å². The molecule has 0 aliphatic carbocycles. The van der Waals surface area contributed by atoms with Gasteiger partial charge in [-0.15, -0.1) is 0 Å². The summed E-state index contributed by atoms with van der Waals surface area (Å²) in [5.41, 5.74) is 2.97. The average Bonchev–Trinajstić information content (AvgIpc) is 2.79. The third-order valence-corrected chi connectivity index (χ3v) is 6.42. The molecule has 0 atom stereocenters. The lowest BCUT2D eigenvalue weighted by Crippen LogP contribution is -2.39. The number of piperidine rings is 1. The van der Waals surface area contributed by atoms with Gasteiger partial charge in [-0.05, 0) is 61.8 Å². The number of fused-ring (bicyclic) bond motifs is 1. The van der Waals surface area contributed by atoms with Crippen molar-refractivity contribution in [2.45, 2.75) is 39.0 Å². The Morgan fingerprint density at radius 1 is 1.13 bits per heavy atom. The Bertz CT molecular complexity index is 1110. The molecule has 31 heavy (non-hydrogen) atoms. The van der Waals surface area contributed by atoms with Crippen LogP contribution < -0.4 is 10.4 Å². The molecule has 1 fully saturated rings. The number of amides is 1. The maximum Gasteiger partial charge on any atom is 0.339 e. The molecule has 0 radical (unpaired) electrons. The van der Waals surface area contributed by atoms with E-state index in [-0.39, 0.29) is 11.5 Å². The Hall–Kier alpha value is -3.08. The largest absolute Gasteiger partial charge is 0.497 e. The number of likely N-dealkylation sites (tertiary alicyclic amines) is 1. The lowest BCUT2D eigenvalue weighted by molar-refractivity contribution is -0.132. The molecule has 1 aromatic heterocycles. The maximum absolute atomic E-state index is 12.8. The number of carbonyl (C=O) groups is 1. The molecule has 0 unspecified atom stereocenters. The van der Waals surface area contributed by atoms with Crippen molar-refractivity contribution < 1.29 is 13.9 Å². The topological polar surface area (TPSA) is 59.8 Å². The fraction of sp³-hybridized carbons (Fsp3) is 0.385. The van der Waals surface area contributed by atoms with Crippen molar-refractivity contribution in [3.63, 3.8) is 0 Å². The Morgan fingerprint density at radius 3 is 2.58 bits per heavy atom. The zero-order valence-corrected chi connectivity index (χ0v) is 18.2. The van der Waals surface area contributed by atoms with E-state index in [1.165, 1.54) is 5.56 Å². The van der Waals surface area contributed by atoms with Gasteiger partial charge in [-0.3, -0.25) is 4.79 Å². The summed E-state index contributed by atoms with van der Waals surface area (Å²) < 4.78 is 10.7. The zero-order chi connectivity index (χ0) is 21.8. The normalized spacial score (nSPS) is 14.7. The highest BCUT2D eigenvalue weighted by Crippen LogP contribution is 2.25. The molecule has 1 saturated heterocycles. The first kappa shape index (κ1) is 21.2. The summed E-state index contributed by atoms with van der Waals surface area (Å²) in [5, 5.41) is 0.879. The van der Waals surface area contributed by atoms with Crippen molar-refractivity contribution >= 4 is 16.9 Å². The van der Waals surface area contributed by atoms with Gasteiger partial charge in [0, 0.05) is 36.5 Å². The number of ether oxygens (including phenoxy) is 1. The van der Waals surface area contributed by atoms with E-state index >= 15 is 0 Å². The third-order valence-electron chi connectivity index (χ3n) is 6.42. The molecule has 1 amide bonds. The van der Waals surface area contributed by atoms with Crippen LogP contribution in [-0.4, -0.2) is 31.0 Å². The number of aryl methyl sites for hydroxylation is 1. The average molecular weight is 420 g/mol. The Morgan fingerprint density at radius 2 is 1.87 bits per heavy atom. The van der Waals surface area contributed by atoms with Crippen LogP contribution in [0.15, 0.2) is 57.7 Å². The smallest absolute Gasteiger partial charge is 0.339 e. The van der Waals surface area contributed by atoms with Crippen molar-refractivity contribution in [3.8, 4) is 5.75 Å². The van der Waals surface area contributed by atoms with Gasteiger partial charge in [0.15, 0.2) is 0 Å². The number of methoxy groups -OCH3 is 1. The molecule has 4 rings (SSSR count). The minimum absolute atomic E-state index is 0.117.